The van der Waals surface area contributed by atoms with E-state index in [0.717, 1.165) is 28.7 Å². The predicted octanol–water partition coefficient (Wildman–Crippen LogP) is 2.80. The number of rotatable bonds is 5. The maximum atomic E-state index is 12.4. The van der Waals surface area contributed by atoms with Crippen LogP contribution in [0.1, 0.15) is 60.9 Å². The van der Waals surface area contributed by atoms with E-state index in [4.69, 9.17) is 4.74 Å². The maximum Gasteiger partial charge on any atom is 0.263 e. The first-order valence-corrected chi connectivity index (χ1v) is 9.24. The van der Waals surface area contributed by atoms with Gasteiger partial charge >= 0.3 is 0 Å². The molecule has 0 aromatic carbocycles. The number of carbonyl (C=O) groups is 1. The van der Waals surface area contributed by atoms with E-state index in [2.05, 4.69) is 49.8 Å². The molecule has 0 unspecified atom stereocenters. The van der Waals surface area contributed by atoms with Gasteiger partial charge in [0.05, 0.1) is 22.9 Å². The van der Waals surface area contributed by atoms with Crippen molar-refractivity contribution in [1.29, 1.82) is 0 Å². The molecule has 6 heteroatoms. The smallest absolute Gasteiger partial charge is 0.263 e. The lowest BCUT2D eigenvalue weighted by molar-refractivity contribution is -0.0778. The van der Waals surface area contributed by atoms with Crippen LogP contribution in [0.2, 0.25) is 0 Å². The highest BCUT2D eigenvalue weighted by Crippen LogP contribution is 2.24. The zero-order chi connectivity index (χ0) is 17.1. The Bertz CT molecular complexity index is 534. The molecule has 0 bridgehead atoms. The number of hydrogen-bond acceptors (Lipinski definition) is 5. The largest absolute Gasteiger partial charge is 0.373 e. The van der Waals surface area contributed by atoms with Gasteiger partial charge < -0.3 is 10.1 Å². The van der Waals surface area contributed by atoms with Crippen molar-refractivity contribution in [2.45, 2.75) is 65.7 Å². The number of thiazole rings is 1. The highest BCUT2D eigenvalue weighted by molar-refractivity contribution is 7.13. The molecule has 1 amide bonds. The average Bonchev–Trinajstić information content (AvgIpc) is 2.85. The Labute approximate surface area is 143 Å². The number of aromatic nitrogens is 1. The molecule has 1 aromatic heterocycles. The maximum absolute atomic E-state index is 12.4. The molecule has 1 saturated heterocycles. The van der Waals surface area contributed by atoms with E-state index in [9.17, 15) is 4.79 Å². The van der Waals surface area contributed by atoms with Gasteiger partial charge in [0.15, 0.2) is 0 Å². The van der Waals surface area contributed by atoms with Crippen LogP contribution in [0.5, 0.6) is 0 Å². The predicted molar refractivity (Wildman–Crippen MR) is 94.3 cm³/mol. The molecule has 2 heterocycles. The van der Waals surface area contributed by atoms with Gasteiger partial charge in [-0.25, -0.2) is 4.98 Å². The van der Waals surface area contributed by atoms with Crippen molar-refractivity contribution in [2.75, 3.05) is 19.6 Å². The Kier molecular flexibility index (Phi) is 6.17. The van der Waals surface area contributed by atoms with Crippen molar-refractivity contribution >= 4 is 17.2 Å². The quantitative estimate of drug-likeness (QED) is 0.896. The summed E-state index contributed by atoms with van der Waals surface area (Å²) in [6.45, 7) is 14.9. The monoisotopic (exact) mass is 339 g/mol. The first-order valence-electron chi connectivity index (χ1n) is 8.43. The number of ether oxygens (including phenoxy) is 1. The van der Waals surface area contributed by atoms with Gasteiger partial charge in [0, 0.05) is 31.6 Å². The highest BCUT2D eigenvalue weighted by Gasteiger charge is 2.26. The minimum atomic E-state index is -0.00638. The van der Waals surface area contributed by atoms with Gasteiger partial charge in [0.2, 0.25) is 0 Å². The Morgan fingerprint density at radius 1 is 1.35 bits per heavy atom. The molecule has 0 aliphatic carbocycles. The summed E-state index contributed by atoms with van der Waals surface area (Å²) in [5.41, 5.74) is 0.831. The normalized spacial score (nSPS) is 24.0. The van der Waals surface area contributed by atoms with Crippen LogP contribution >= 0.6 is 11.3 Å². The molecule has 2 rings (SSSR count). The Morgan fingerprint density at radius 3 is 2.48 bits per heavy atom. The second-order valence-corrected chi connectivity index (χ2v) is 7.92. The summed E-state index contributed by atoms with van der Waals surface area (Å²) >= 11 is 1.51. The van der Waals surface area contributed by atoms with E-state index >= 15 is 0 Å². The lowest BCUT2D eigenvalue weighted by Gasteiger charge is -2.38. The molecule has 23 heavy (non-hydrogen) atoms. The van der Waals surface area contributed by atoms with Gasteiger partial charge in [-0.3, -0.25) is 9.69 Å². The molecule has 3 atom stereocenters. The van der Waals surface area contributed by atoms with Gasteiger partial charge in [-0.1, -0.05) is 13.8 Å². The van der Waals surface area contributed by atoms with Crippen LogP contribution in [0, 0.1) is 6.92 Å². The van der Waals surface area contributed by atoms with Gasteiger partial charge in [-0.15, -0.1) is 11.3 Å². The SMILES string of the molecule is Cc1nc(C(C)C)sc1C(=O)NC[C@H](C)N1C[C@@H](C)O[C@@H](C)C1. The fourth-order valence-corrected chi connectivity index (χ4v) is 3.89. The van der Waals surface area contributed by atoms with Crippen LogP contribution in [0.15, 0.2) is 0 Å². The standard InChI is InChI=1S/C17H29N3O2S/c1-10(2)17-19-14(6)15(23-17)16(21)18-7-11(3)20-8-12(4)22-13(5)9-20/h10-13H,7-9H2,1-6H3,(H,18,21)/t11-,12-,13+/m0/s1. The molecule has 1 aliphatic rings. The fourth-order valence-electron chi connectivity index (χ4n) is 2.90. The van der Waals surface area contributed by atoms with Crippen LogP contribution in [0.25, 0.3) is 0 Å². The van der Waals surface area contributed by atoms with Gasteiger partial charge in [-0.05, 0) is 27.7 Å². The molecule has 1 fully saturated rings. The molecule has 0 saturated carbocycles. The van der Waals surface area contributed by atoms with Crippen molar-refractivity contribution in [3.05, 3.63) is 15.6 Å². The number of hydrogen-bond donors (Lipinski definition) is 1. The minimum Gasteiger partial charge on any atom is -0.373 e. The zero-order valence-corrected chi connectivity index (χ0v) is 15.9. The second-order valence-electron chi connectivity index (χ2n) is 6.89. The molecule has 0 spiro atoms. The van der Waals surface area contributed by atoms with E-state index in [0.29, 0.717) is 18.5 Å². The summed E-state index contributed by atoms with van der Waals surface area (Å²) in [4.78, 5) is 20.1. The number of morpholine rings is 1. The van der Waals surface area contributed by atoms with Gasteiger partial charge in [0.25, 0.3) is 5.91 Å². The van der Waals surface area contributed by atoms with Crippen LogP contribution in [0.3, 0.4) is 0 Å². The van der Waals surface area contributed by atoms with Crippen molar-refractivity contribution in [2.24, 2.45) is 0 Å². The number of carbonyl (C=O) groups excluding carboxylic acids is 1. The Balaban J connectivity index is 1.91. The zero-order valence-electron chi connectivity index (χ0n) is 15.0. The number of aryl methyl sites for hydroxylation is 1. The summed E-state index contributed by atoms with van der Waals surface area (Å²) in [5.74, 6) is 0.351. The van der Waals surface area contributed by atoms with E-state index in [1.54, 1.807) is 0 Å². The van der Waals surface area contributed by atoms with Gasteiger partial charge in [-0.2, -0.15) is 0 Å². The number of nitrogens with zero attached hydrogens (tertiary/aromatic N) is 2. The van der Waals surface area contributed by atoms with Crippen LogP contribution in [-0.2, 0) is 4.74 Å². The first-order chi connectivity index (χ1) is 10.8. The van der Waals surface area contributed by atoms with Crippen LogP contribution in [-0.4, -0.2) is 53.7 Å². The van der Waals surface area contributed by atoms with E-state index < -0.39 is 0 Å². The third-order valence-electron chi connectivity index (χ3n) is 4.14. The topological polar surface area (TPSA) is 54.5 Å². The van der Waals surface area contributed by atoms with Gasteiger partial charge in [0.1, 0.15) is 4.88 Å². The van der Waals surface area contributed by atoms with Crippen LogP contribution in [0.4, 0.5) is 0 Å². The lowest BCUT2D eigenvalue weighted by Crippen LogP contribution is -2.52. The minimum absolute atomic E-state index is 0.00638. The second kappa shape index (κ2) is 7.73. The molecule has 1 N–H and O–H groups in total. The third-order valence-corrected chi connectivity index (χ3v) is 5.60. The molecular weight excluding hydrogens is 310 g/mol. The highest BCUT2D eigenvalue weighted by atomic mass is 32.1. The van der Waals surface area contributed by atoms with Crippen molar-refractivity contribution in [3.63, 3.8) is 0 Å². The Hall–Kier alpha value is -0.980. The number of nitrogens with one attached hydrogen (secondary N) is 1. The number of amides is 1. The Morgan fingerprint density at radius 2 is 1.96 bits per heavy atom. The summed E-state index contributed by atoms with van der Waals surface area (Å²) < 4.78 is 5.77. The van der Waals surface area contributed by atoms with Crippen molar-refractivity contribution < 1.29 is 9.53 Å². The summed E-state index contributed by atoms with van der Waals surface area (Å²) in [5, 5.41) is 4.09. The molecule has 130 valence electrons. The summed E-state index contributed by atoms with van der Waals surface area (Å²) in [6.07, 6.45) is 0.489. The molecular formula is C17H29N3O2S. The van der Waals surface area contributed by atoms with E-state index in [1.807, 2.05) is 6.92 Å². The third kappa shape index (κ3) is 4.75. The van der Waals surface area contributed by atoms with Crippen molar-refractivity contribution in [3.8, 4) is 0 Å². The molecule has 0 radical (unpaired) electrons. The molecule has 1 aliphatic heterocycles. The van der Waals surface area contributed by atoms with Crippen molar-refractivity contribution in [1.82, 2.24) is 15.2 Å². The average molecular weight is 340 g/mol. The summed E-state index contributed by atoms with van der Waals surface area (Å²) in [6, 6.07) is 0.297. The molecule has 5 nitrogen and oxygen atoms in total. The molecule has 1 aromatic rings. The fraction of sp³-hybridized carbons (Fsp3) is 0.765. The van der Waals surface area contributed by atoms with E-state index in [-0.39, 0.29) is 18.1 Å². The van der Waals surface area contributed by atoms with E-state index in [1.165, 1.54) is 11.3 Å². The lowest BCUT2D eigenvalue weighted by atomic mass is 10.1. The first kappa shape index (κ1) is 18.4. The summed E-state index contributed by atoms with van der Waals surface area (Å²) in [7, 11) is 0. The van der Waals surface area contributed by atoms with Crippen LogP contribution < -0.4 is 5.32 Å².